The molecule has 0 aromatic heterocycles. The maximum Gasteiger partial charge on any atom is 0.263 e. The van der Waals surface area contributed by atoms with Gasteiger partial charge in [0.05, 0.1) is 23.5 Å². The summed E-state index contributed by atoms with van der Waals surface area (Å²) < 4.78 is 5.09. The molecule has 4 rings (SSSR count). The van der Waals surface area contributed by atoms with E-state index in [4.69, 9.17) is 27.9 Å². The number of nitrogens with zero attached hydrogens (tertiary/aromatic N) is 4. The molecular formula is C19H15Cl2N5O4. The lowest BCUT2D eigenvalue weighted by molar-refractivity contribution is -0.123. The van der Waals surface area contributed by atoms with Gasteiger partial charge in [-0.2, -0.15) is 5.11 Å². The molecule has 0 bridgehead atoms. The van der Waals surface area contributed by atoms with Crippen LogP contribution in [0.4, 0.5) is 11.4 Å². The number of nitrogens with one attached hydrogen (secondary N) is 1. The lowest BCUT2D eigenvalue weighted by atomic mass is 10.1. The van der Waals surface area contributed by atoms with Gasteiger partial charge in [-0.3, -0.25) is 19.4 Å². The van der Waals surface area contributed by atoms with E-state index in [-0.39, 0.29) is 11.6 Å². The molecule has 0 unspecified atom stereocenters. The second kappa shape index (κ2) is 7.92. The number of carbonyl (C=O) groups is 3. The van der Waals surface area contributed by atoms with Crippen molar-refractivity contribution < 1.29 is 19.1 Å². The Morgan fingerprint density at radius 3 is 2.53 bits per heavy atom. The van der Waals surface area contributed by atoms with Crippen molar-refractivity contribution in [1.82, 2.24) is 5.01 Å². The molecule has 2 aliphatic rings. The molecule has 1 saturated heterocycles. The van der Waals surface area contributed by atoms with E-state index in [9.17, 15) is 14.4 Å². The molecular weight excluding hydrogens is 433 g/mol. The fourth-order valence-corrected chi connectivity index (χ4v) is 3.72. The van der Waals surface area contributed by atoms with E-state index in [1.54, 1.807) is 36.4 Å². The van der Waals surface area contributed by atoms with Gasteiger partial charge in [0.1, 0.15) is 12.3 Å². The second-order valence-corrected chi connectivity index (χ2v) is 7.42. The number of rotatable bonds is 5. The molecule has 2 atom stereocenters. The Kier molecular flexibility index (Phi) is 5.31. The predicted octanol–water partition coefficient (Wildman–Crippen LogP) is 2.93. The number of benzene rings is 2. The Morgan fingerprint density at radius 2 is 1.87 bits per heavy atom. The molecule has 11 heteroatoms. The fraction of sp³-hybridized carbons (Fsp3) is 0.211. The standard InChI is InChI=1S/C19H15Cl2N5O4/c1-30-12-5-3-11(4-6-12)26-18(28)16-17(19(26)29)25(24-23-16)9-15(27)22-14-7-2-10(20)8-13(14)21/h2-8,16-17H,9H2,1H3,(H,22,27)/t16-,17+/m0/s1. The van der Waals surface area contributed by atoms with Crippen LogP contribution in [-0.4, -0.2) is 48.5 Å². The van der Waals surface area contributed by atoms with Crippen LogP contribution in [0.5, 0.6) is 5.75 Å². The van der Waals surface area contributed by atoms with E-state index in [1.807, 2.05) is 0 Å². The molecule has 2 aliphatic heterocycles. The monoisotopic (exact) mass is 447 g/mol. The quantitative estimate of drug-likeness (QED) is 0.709. The average molecular weight is 448 g/mol. The van der Waals surface area contributed by atoms with Crippen LogP contribution in [0.3, 0.4) is 0 Å². The molecule has 1 N–H and O–H groups in total. The minimum Gasteiger partial charge on any atom is -0.497 e. The summed E-state index contributed by atoms with van der Waals surface area (Å²) >= 11 is 11.9. The van der Waals surface area contributed by atoms with Crippen molar-refractivity contribution in [3.8, 4) is 5.75 Å². The van der Waals surface area contributed by atoms with Crippen molar-refractivity contribution in [1.29, 1.82) is 0 Å². The maximum atomic E-state index is 12.9. The third-order valence-electron chi connectivity index (χ3n) is 4.70. The molecule has 2 heterocycles. The van der Waals surface area contributed by atoms with Crippen LogP contribution in [-0.2, 0) is 14.4 Å². The minimum absolute atomic E-state index is 0.273. The molecule has 2 aromatic rings. The lowest BCUT2D eigenvalue weighted by Gasteiger charge is -2.20. The molecule has 1 fully saturated rings. The van der Waals surface area contributed by atoms with E-state index in [0.29, 0.717) is 22.1 Å². The van der Waals surface area contributed by atoms with Gasteiger partial charge in [-0.05, 0) is 42.5 Å². The first-order valence-electron chi connectivity index (χ1n) is 8.83. The molecule has 154 valence electrons. The van der Waals surface area contributed by atoms with Gasteiger partial charge in [-0.15, -0.1) is 0 Å². The zero-order chi connectivity index (χ0) is 21.4. The number of halogens is 2. The van der Waals surface area contributed by atoms with Crippen molar-refractivity contribution in [2.45, 2.75) is 12.1 Å². The summed E-state index contributed by atoms with van der Waals surface area (Å²) in [5.41, 5.74) is 0.764. The van der Waals surface area contributed by atoms with Crippen LogP contribution in [0.15, 0.2) is 52.8 Å². The number of methoxy groups -OCH3 is 1. The molecule has 2 aromatic carbocycles. The summed E-state index contributed by atoms with van der Waals surface area (Å²) in [5.74, 6) is -0.876. The highest BCUT2D eigenvalue weighted by molar-refractivity contribution is 6.36. The molecule has 0 aliphatic carbocycles. The number of amides is 3. The van der Waals surface area contributed by atoms with Crippen molar-refractivity contribution in [2.24, 2.45) is 10.3 Å². The van der Waals surface area contributed by atoms with E-state index >= 15 is 0 Å². The van der Waals surface area contributed by atoms with E-state index < -0.39 is 29.8 Å². The number of imide groups is 1. The first kappa shape index (κ1) is 20.1. The van der Waals surface area contributed by atoms with Crippen LogP contribution in [0.2, 0.25) is 10.0 Å². The summed E-state index contributed by atoms with van der Waals surface area (Å²) in [6, 6.07) is 9.17. The Morgan fingerprint density at radius 1 is 1.13 bits per heavy atom. The van der Waals surface area contributed by atoms with Crippen molar-refractivity contribution in [3.05, 3.63) is 52.5 Å². The van der Waals surface area contributed by atoms with Crippen LogP contribution < -0.4 is 15.0 Å². The summed E-state index contributed by atoms with van der Waals surface area (Å²) in [6.45, 7) is -0.279. The third-order valence-corrected chi connectivity index (χ3v) is 5.25. The van der Waals surface area contributed by atoms with Crippen LogP contribution in [0, 0.1) is 0 Å². The van der Waals surface area contributed by atoms with E-state index in [1.165, 1.54) is 18.2 Å². The van der Waals surface area contributed by atoms with Gasteiger partial charge < -0.3 is 10.1 Å². The second-order valence-electron chi connectivity index (χ2n) is 6.57. The van der Waals surface area contributed by atoms with Gasteiger partial charge in [-0.1, -0.05) is 28.4 Å². The smallest absolute Gasteiger partial charge is 0.263 e. The zero-order valence-corrected chi connectivity index (χ0v) is 17.1. The number of hydrogen-bond donors (Lipinski definition) is 1. The van der Waals surface area contributed by atoms with Gasteiger partial charge in [-0.25, -0.2) is 4.90 Å². The number of hydrogen-bond acceptors (Lipinski definition) is 7. The van der Waals surface area contributed by atoms with Crippen molar-refractivity contribution in [2.75, 3.05) is 23.9 Å². The lowest BCUT2D eigenvalue weighted by Crippen LogP contribution is -2.43. The van der Waals surface area contributed by atoms with Crippen molar-refractivity contribution >= 4 is 52.3 Å². The molecule has 0 spiro atoms. The minimum atomic E-state index is -0.994. The largest absolute Gasteiger partial charge is 0.497 e. The summed E-state index contributed by atoms with van der Waals surface area (Å²) in [4.78, 5) is 39.1. The Balaban J connectivity index is 1.48. The first-order chi connectivity index (χ1) is 14.4. The molecule has 0 radical (unpaired) electrons. The van der Waals surface area contributed by atoms with Crippen LogP contribution in [0.1, 0.15) is 0 Å². The highest BCUT2D eigenvalue weighted by Gasteiger charge is 2.55. The molecule has 0 saturated carbocycles. The van der Waals surface area contributed by atoms with Gasteiger partial charge in [0.25, 0.3) is 11.8 Å². The SMILES string of the molecule is COc1ccc(N2C(=O)[C@H]3N=NN(CC(=O)Nc4ccc(Cl)cc4Cl)[C@H]3C2=O)cc1. The molecule has 30 heavy (non-hydrogen) atoms. The zero-order valence-electron chi connectivity index (χ0n) is 15.6. The maximum absolute atomic E-state index is 12.9. The Bertz CT molecular complexity index is 1060. The van der Waals surface area contributed by atoms with Crippen molar-refractivity contribution in [3.63, 3.8) is 0 Å². The normalized spacial score (nSPS) is 20.0. The highest BCUT2D eigenvalue weighted by atomic mass is 35.5. The number of anilines is 2. The Hall–Kier alpha value is -3.17. The number of fused-ring (bicyclic) bond motifs is 1. The van der Waals surface area contributed by atoms with Crippen LogP contribution >= 0.6 is 23.2 Å². The van der Waals surface area contributed by atoms with Gasteiger partial charge in [0.15, 0.2) is 12.1 Å². The first-order valence-corrected chi connectivity index (χ1v) is 9.59. The van der Waals surface area contributed by atoms with Gasteiger partial charge in [0, 0.05) is 5.02 Å². The van der Waals surface area contributed by atoms with Gasteiger partial charge >= 0.3 is 0 Å². The molecule has 3 amide bonds. The predicted molar refractivity (Wildman–Crippen MR) is 110 cm³/mol. The average Bonchev–Trinajstić information content (AvgIpc) is 3.24. The number of carbonyl (C=O) groups excluding carboxylic acids is 3. The topological polar surface area (TPSA) is 104 Å². The summed E-state index contributed by atoms with van der Waals surface area (Å²) in [5, 5.41) is 12.3. The fourth-order valence-electron chi connectivity index (χ4n) is 3.27. The third kappa shape index (κ3) is 3.57. The van der Waals surface area contributed by atoms with E-state index in [2.05, 4.69) is 15.7 Å². The molecule has 9 nitrogen and oxygen atoms in total. The summed E-state index contributed by atoms with van der Waals surface area (Å²) in [7, 11) is 1.52. The van der Waals surface area contributed by atoms with Crippen LogP contribution in [0.25, 0.3) is 0 Å². The Labute approximate surface area is 181 Å². The number of ether oxygens (including phenoxy) is 1. The van der Waals surface area contributed by atoms with E-state index in [0.717, 1.165) is 4.90 Å². The summed E-state index contributed by atoms with van der Waals surface area (Å²) in [6.07, 6.45) is 0. The van der Waals surface area contributed by atoms with Gasteiger partial charge in [0.2, 0.25) is 5.91 Å². The highest BCUT2D eigenvalue weighted by Crippen LogP contribution is 2.32.